The number of carboxylic acids is 1. The summed E-state index contributed by atoms with van der Waals surface area (Å²) in [6, 6.07) is 7.06. The van der Waals surface area contributed by atoms with Gasteiger partial charge < -0.3 is 20.1 Å². The molecular weight excluding hydrogens is 248 g/mol. The molecule has 1 amide bonds. The molecule has 6 nitrogen and oxygen atoms in total. The summed E-state index contributed by atoms with van der Waals surface area (Å²) in [6.07, 6.45) is -1.04. The van der Waals surface area contributed by atoms with E-state index in [1.165, 1.54) is 7.11 Å². The van der Waals surface area contributed by atoms with E-state index in [-0.39, 0.29) is 12.5 Å². The van der Waals surface area contributed by atoms with Gasteiger partial charge in [0.2, 0.25) is 0 Å². The van der Waals surface area contributed by atoms with Crippen LogP contribution in [0.2, 0.25) is 0 Å². The fraction of sp³-hybridized carbons (Fsp3) is 0.385. The molecule has 0 heterocycles. The Hall–Kier alpha value is -2.08. The lowest BCUT2D eigenvalue weighted by Gasteiger charge is -2.14. The minimum atomic E-state index is -1.11. The van der Waals surface area contributed by atoms with Crippen LogP contribution in [-0.2, 0) is 9.53 Å². The van der Waals surface area contributed by atoms with Gasteiger partial charge in [0.15, 0.2) is 6.10 Å². The van der Waals surface area contributed by atoms with E-state index >= 15 is 0 Å². The average molecular weight is 266 g/mol. The van der Waals surface area contributed by atoms with E-state index in [1.54, 1.807) is 18.2 Å². The maximum Gasteiger partial charge on any atom is 0.334 e. The van der Waals surface area contributed by atoms with Crippen LogP contribution in [0.15, 0.2) is 24.3 Å². The van der Waals surface area contributed by atoms with Gasteiger partial charge in [-0.25, -0.2) is 4.79 Å². The highest BCUT2D eigenvalue weighted by atomic mass is 16.5. The molecule has 0 aliphatic carbocycles. The molecule has 0 aromatic heterocycles. The first kappa shape index (κ1) is 15.0. The molecule has 1 rings (SSSR count). The van der Waals surface area contributed by atoms with Gasteiger partial charge in [-0.3, -0.25) is 4.79 Å². The van der Waals surface area contributed by atoms with Crippen LogP contribution < -0.4 is 10.2 Å². The highest BCUT2D eigenvalue weighted by Crippen LogP contribution is 2.13. The van der Waals surface area contributed by atoms with Gasteiger partial charge in [-0.05, 0) is 18.2 Å². The van der Waals surface area contributed by atoms with E-state index in [0.717, 1.165) is 5.69 Å². The Balaban J connectivity index is 2.68. The van der Waals surface area contributed by atoms with Crippen molar-refractivity contribution < 1.29 is 19.4 Å². The molecule has 6 heteroatoms. The van der Waals surface area contributed by atoms with Crippen LogP contribution in [0.25, 0.3) is 0 Å². The molecule has 0 aliphatic rings. The largest absolute Gasteiger partial charge is 0.479 e. The summed E-state index contributed by atoms with van der Waals surface area (Å²) >= 11 is 0. The molecule has 1 atom stereocenters. The number of carbonyl (C=O) groups is 2. The monoisotopic (exact) mass is 266 g/mol. The lowest BCUT2D eigenvalue weighted by Crippen LogP contribution is -2.37. The Kier molecular flexibility index (Phi) is 5.32. The third kappa shape index (κ3) is 4.26. The number of hydrogen-bond acceptors (Lipinski definition) is 4. The number of rotatable bonds is 6. The van der Waals surface area contributed by atoms with E-state index in [1.807, 2.05) is 25.1 Å². The maximum absolute atomic E-state index is 11.9. The van der Waals surface area contributed by atoms with Crippen molar-refractivity contribution in [1.29, 1.82) is 0 Å². The fourth-order valence-electron chi connectivity index (χ4n) is 1.48. The van der Waals surface area contributed by atoms with Gasteiger partial charge in [-0.1, -0.05) is 6.07 Å². The van der Waals surface area contributed by atoms with Crippen molar-refractivity contribution >= 4 is 17.6 Å². The van der Waals surface area contributed by atoms with Gasteiger partial charge in [-0.2, -0.15) is 0 Å². The Morgan fingerprint density at radius 3 is 2.63 bits per heavy atom. The van der Waals surface area contributed by atoms with Gasteiger partial charge in [0.25, 0.3) is 5.91 Å². The van der Waals surface area contributed by atoms with Crippen LogP contribution in [0.4, 0.5) is 5.69 Å². The first-order valence-electron chi connectivity index (χ1n) is 5.77. The Morgan fingerprint density at radius 2 is 2.11 bits per heavy atom. The number of anilines is 1. The number of aliphatic carboxylic acids is 1. The highest BCUT2D eigenvalue weighted by molar-refractivity contribution is 5.95. The van der Waals surface area contributed by atoms with Crippen molar-refractivity contribution in [1.82, 2.24) is 5.32 Å². The minimum absolute atomic E-state index is 0.0726. The molecule has 0 saturated heterocycles. The van der Waals surface area contributed by atoms with Crippen LogP contribution >= 0.6 is 0 Å². The van der Waals surface area contributed by atoms with E-state index in [0.29, 0.717) is 5.56 Å². The van der Waals surface area contributed by atoms with Crippen molar-refractivity contribution in [3.05, 3.63) is 29.8 Å². The number of hydrogen-bond donors (Lipinski definition) is 2. The smallest absolute Gasteiger partial charge is 0.334 e. The summed E-state index contributed by atoms with van der Waals surface area (Å²) in [5.41, 5.74) is 1.38. The second-order valence-corrected chi connectivity index (χ2v) is 4.22. The molecule has 104 valence electrons. The van der Waals surface area contributed by atoms with Gasteiger partial charge in [0.05, 0.1) is 6.54 Å². The molecule has 0 spiro atoms. The SMILES string of the molecule is COC(CNC(=O)c1cccc(N(C)C)c1)C(=O)O. The minimum Gasteiger partial charge on any atom is -0.479 e. The summed E-state index contributed by atoms with van der Waals surface area (Å²) < 4.78 is 4.74. The predicted octanol–water partition coefficient (Wildman–Crippen LogP) is 0.582. The van der Waals surface area contributed by atoms with E-state index in [4.69, 9.17) is 9.84 Å². The first-order chi connectivity index (χ1) is 8.95. The van der Waals surface area contributed by atoms with Gasteiger partial charge in [0, 0.05) is 32.5 Å². The van der Waals surface area contributed by atoms with Crippen molar-refractivity contribution in [2.24, 2.45) is 0 Å². The fourth-order valence-corrected chi connectivity index (χ4v) is 1.48. The Labute approximate surface area is 112 Å². The normalized spacial score (nSPS) is 11.7. The standard InChI is InChI=1S/C13H18N2O4/c1-15(2)10-6-4-5-9(7-10)12(16)14-8-11(19-3)13(17)18/h4-7,11H,8H2,1-3H3,(H,14,16)(H,17,18). The second kappa shape index (κ2) is 6.75. The first-order valence-corrected chi connectivity index (χ1v) is 5.77. The lowest BCUT2D eigenvalue weighted by atomic mass is 10.2. The number of carboxylic acid groups (broad SMARTS) is 1. The number of nitrogens with zero attached hydrogens (tertiary/aromatic N) is 1. The van der Waals surface area contributed by atoms with Crippen LogP contribution in [-0.4, -0.2) is 50.8 Å². The molecule has 0 radical (unpaired) electrons. The summed E-state index contributed by atoms with van der Waals surface area (Å²) in [4.78, 5) is 24.5. The van der Waals surface area contributed by atoms with Crippen molar-refractivity contribution in [2.75, 3.05) is 32.6 Å². The Morgan fingerprint density at radius 1 is 1.42 bits per heavy atom. The quantitative estimate of drug-likeness (QED) is 0.787. The van der Waals surface area contributed by atoms with Gasteiger partial charge >= 0.3 is 5.97 Å². The molecule has 1 aromatic rings. The molecule has 2 N–H and O–H groups in total. The maximum atomic E-state index is 11.9. The summed E-state index contributed by atoms with van der Waals surface area (Å²) in [7, 11) is 5.04. The van der Waals surface area contributed by atoms with Crippen LogP contribution in [0.3, 0.4) is 0 Å². The molecular formula is C13H18N2O4. The number of carbonyl (C=O) groups excluding carboxylic acids is 1. The van der Waals surface area contributed by atoms with Crippen molar-refractivity contribution in [3.63, 3.8) is 0 Å². The van der Waals surface area contributed by atoms with Crippen LogP contribution in [0.5, 0.6) is 0 Å². The number of amides is 1. The topological polar surface area (TPSA) is 78.9 Å². The number of methoxy groups -OCH3 is 1. The lowest BCUT2D eigenvalue weighted by molar-refractivity contribution is -0.148. The summed E-state index contributed by atoms with van der Waals surface area (Å²) in [6.45, 7) is -0.0726. The van der Waals surface area contributed by atoms with Crippen LogP contribution in [0, 0.1) is 0 Å². The zero-order valence-electron chi connectivity index (χ0n) is 11.2. The Bertz CT molecular complexity index is 460. The molecule has 0 fully saturated rings. The van der Waals surface area contributed by atoms with E-state index < -0.39 is 12.1 Å². The highest BCUT2D eigenvalue weighted by Gasteiger charge is 2.17. The van der Waals surface area contributed by atoms with Crippen molar-refractivity contribution in [2.45, 2.75) is 6.10 Å². The second-order valence-electron chi connectivity index (χ2n) is 4.22. The zero-order chi connectivity index (χ0) is 14.4. The number of nitrogens with one attached hydrogen (secondary N) is 1. The third-order valence-corrected chi connectivity index (χ3v) is 2.63. The van der Waals surface area contributed by atoms with E-state index in [2.05, 4.69) is 5.32 Å². The number of benzene rings is 1. The molecule has 0 bridgehead atoms. The van der Waals surface area contributed by atoms with Crippen molar-refractivity contribution in [3.8, 4) is 0 Å². The number of ether oxygens (including phenoxy) is 1. The molecule has 0 aliphatic heterocycles. The molecule has 0 saturated carbocycles. The third-order valence-electron chi connectivity index (χ3n) is 2.63. The molecule has 1 unspecified atom stereocenters. The summed E-state index contributed by atoms with van der Waals surface area (Å²) in [5, 5.41) is 11.3. The molecule has 19 heavy (non-hydrogen) atoms. The average Bonchev–Trinajstić information content (AvgIpc) is 2.38. The van der Waals surface area contributed by atoms with Gasteiger partial charge in [-0.15, -0.1) is 0 Å². The predicted molar refractivity (Wildman–Crippen MR) is 71.5 cm³/mol. The summed E-state index contributed by atoms with van der Waals surface area (Å²) in [5.74, 6) is -1.43. The zero-order valence-corrected chi connectivity index (χ0v) is 11.2. The van der Waals surface area contributed by atoms with Crippen LogP contribution in [0.1, 0.15) is 10.4 Å². The van der Waals surface area contributed by atoms with Gasteiger partial charge in [0.1, 0.15) is 0 Å². The molecule has 1 aromatic carbocycles. The van der Waals surface area contributed by atoms with E-state index in [9.17, 15) is 9.59 Å².